The van der Waals surface area contributed by atoms with Gasteiger partial charge in [-0.25, -0.2) is 0 Å². The third-order valence-electron chi connectivity index (χ3n) is 5.45. The summed E-state index contributed by atoms with van der Waals surface area (Å²) in [4.78, 5) is 0. The molecular weight excluding hydrogens is 346 g/mol. The molecule has 1 spiro atoms. The number of nitrogens with one attached hydrogen (secondary N) is 1. The van der Waals surface area contributed by atoms with Crippen LogP contribution in [0.2, 0.25) is 0 Å². The normalized spacial score (nSPS) is 18.7. The minimum atomic E-state index is 0.260. The number of piperidine rings is 1. The molecule has 2 aromatic carbocycles. The molecule has 1 fully saturated rings. The molecule has 0 atom stereocenters. The van der Waals surface area contributed by atoms with Crippen LogP contribution in [0.1, 0.15) is 35.1 Å². The standard InChI is InChI=1S/C21H22BrN/c22-15-17-7-5-16(6-8-17)13-19-14-18-3-1-2-4-20(18)21(19)9-11-23-12-10-21/h1-8,14,23H,9-13,15H2. The SMILES string of the molecule is BrCc1ccc(CC2=Cc3ccccc3C23CCNCC3)cc1. The van der Waals surface area contributed by atoms with Gasteiger partial charge in [-0.3, -0.25) is 0 Å². The molecule has 1 aliphatic heterocycles. The maximum atomic E-state index is 3.53. The van der Waals surface area contributed by atoms with E-state index < -0.39 is 0 Å². The highest BCUT2D eigenvalue weighted by atomic mass is 79.9. The molecule has 1 saturated heterocycles. The summed E-state index contributed by atoms with van der Waals surface area (Å²) in [5, 5.41) is 4.46. The number of benzene rings is 2. The van der Waals surface area contributed by atoms with Gasteiger partial charge in [-0.15, -0.1) is 0 Å². The minimum absolute atomic E-state index is 0.260. The van der Waals surface area contributed by atoms with E-state index in [0.717, 1.165) is 24.8 Å². The van der Waals surface area contributed by atoms with Gasteiger partial charge in [0.1, 0.15) is 0 Å². The molecule has 4 rings (SSSR count). The summed E-state index contributed by atoms with van der Waals surface area (Å²) in [6.07, 6.45) is 5.96. The Morgan fingerprint density at radius 3 is 2.35 bits per heavy atom. The van der Waals surface area contributed by atoms with Gasteiger partial charge in [-0.05, 0) is 54.6 Å². The van der Waals surface area contributed by atoms with E-state index in [2.05, 4.69) is 75.9 Å². The topological polar surface area (TPSA) is 12.0 Å². The number of alkyl halides is 1. The van der Waals surface area contributed by atoms with Crippen molar-refractivity contribution in [3.63, 3.8) is 0 Å². The predicted octanol–water partition coefficient (Wildman–Crippen LogP) is 4.84. The number of hydrogen-bond acceptors (Lipinski definition) is 1. The van der Waals surface area contributed by atoms with Crippen LogP contribution in [0.5, 0.6) is 0 Å². The van der Waals surface area contributed by atoms with Gasteiger partial charge in [0, 0.05) is 10.7 Å². The van der Waals surface area contributed by atoms with Gasteiger partial charge >= 0.3 is 0 Å². The summed E-state index contributed by atoms with van der Waals surface area (Å²) in [7, 11) is 0. The molecule has 0 unspecified atom stereocenters. The first kappa shape index (κ1) is 15.2. The molecule has 0 aromatic heterocycles. The lowest BCUT2D eigenvalue weighted by atomic mass is 9.69. The first-order valence-corrected chi connectivity index (χ1v) is 9.59. The van der Waals surface area contributed by atoms with Gasteiger partial charge in [0.25, 0.3) is 0 Å². The number of rotatable bonds is 3. The van der Waals surface area contributed by atoms with E-state index in [4.69, 9.17) is 0 Å². The second kappa shape index (κ2) is 6.26. The molecule has 0 bridgehead atoms. The van der Waals surface area contributed by atoms with Gasteiger partial charge in [0.2, 0.25) is 0 Å². The van der Waals surface area contributed by atoms with Gasteiger partial charge in [-0.2, -0.15) is 0 Å². The molecule has 0 saturated carbocycles. The number of allylic oxidation sites excluding steroid dienone is 1. The zero-order valence-corrected chi connectivity index (χ0v) is 14.9. The lowest BCUT2D eigenvalue weighted by Crippen LogP contribution is -2.40. The quantitative estimate of drug-likeness (QED) is 0.765. The molecule has 1 N–H and O–H groups in total. The Hall–Kier alpha value is -1.38. The Morgan fingerprint density at radius 1 is 0.913 bits per heavy atom. The monoisotopic (exact) mass is 367 g/mol. The van der Waals surface area contributed by atoms with E-state index in [-0.39, 0.29) is 5.41 Å². The van der Waals surface area contributed by atoms with Crippen LogP contribution in [0.25, 0.3) is 6.08 Å². The average molecular weight is 368 g/mol. The molecule has 1 aliphatic carbocycles. The van der Waals surface area contributed by atoms with Crippen molar-refractivity contribution >= 4 is 22.0 Å². The number of hydrogen-bond donors (Lipinski definition) is 1. The van der Waals surface area contributed by atoms with Crippen LogP contribution >= 0.6 is 15.9 Å². The second-order valence-electron chi connectivity index (χ2n) is 6.72. The highest BCUT2D eigenvalue weighted by Crippen LogP contribution is 2.48. The van der Waals surface area contributed by atoms with E-state index in [1.807, 2.05) is 0 Å². The lowest BCUT2D eigenvalue weighted by molar-refractivity contribution is 0.357. The van der Waals surface area contributed by atoms with Crippen molar-refractivity contribution in [3.8, 4) is 0 Å². The van der Waals surface area contributed by atoms with E-state index in [1.165, 1.54) is 29.5 Å². The fraction of sp³-hybridized carbons (Fsp3) is 0.333. The van der Waals surface area contributed by atoms with Crippen LogP contribution in [0, 0.1) is 0 Å². The van der Waals surface area contributed by atoms with E-state index in [9.17, 15) is 0 Å². The summed E-state index contributed by atoms with van der Waals surface area (Å²) in [5.74, 6) is 0. The molecule has 0 amide bonds. The van der Waals surface area contributed by atoms with Crippen LogP contribution in [0.15, 0.2) is 54.1 Å². The maximum Gasteiger partial charge on any atom is 0.0283 e. The van der Waals surface area contributed by atoms with Crippen LogP contribution in [-0.4, -0.2) is 13.1 Å². The van der Waals surface area contributed by atoms with E-state index in [1.54, 1.807) is 11.1 Å². The van der Waals surface area contributed by atoms with E-state index >= 15 is 0 Å². The van der Waals surface area contributed by atoms with Crippen LogP contribution in [0.3, 0.4) is 0 Å². The smallest absolute Gasteiger partial charge is 0.0283 e. The van der Waals surface area contributed by atoms with Crippen molar-refractivity contribution in [2.75, 3.05) is 13.1 Å². The third kappa shape index (κ3) is 2.68. The van der Waals surface area contributed by atoms with Gasteiger partial charge in [-0.1, -0.05) is 76.1 Å². The molecule has 1 heterocycles. The van der Waals surface area contributed by atoms with Crippen molar-refractivity contribution in [2.45, 2.75) is 30.0 Å². The molecule has 0 radical (unpaired) electrons. The summed E-state index contributed by atoms with van der Waals surface area (Å²) in [5.41, 5.74) is 7.61. The maximum absolute atomic E-state index is 3.53. The molecule has 2 aromatic rings. The summed E-state index contributed by atoms with van der Waals surface area (Å²) < 4.78 is 0. The van der Waals surface area contributed by atoms with Gasteiger partial charge in [0.05, 0.1) is 0 Å². The van der Waals surface area contributed by atoms with Crippen molar-refractivity contribution in [1.29, 1.82) is 0 Å². The van der Waals surface area contributed by atoms with Gasteiger partial charge in [0.15, 0.2) is 0 Å². The lowest BCUT2D eigenvalue weighted by Gasteiger charge is -2.38. The first-order valence-electron chi connectivity index (χ1n) is 8.47. The molecule has 118 valence electrons. The largest absolute Gasteiger partial charge is 0.317 e. The van der Waals surface area contributed by atoms with Crippen LogP contribution in [-0.2, 0) is 17.2 Å². The number of halogens is 1. The van der Waals surface area contributed by atoms with Crippen molar-refractivity contribution < 1.29 is 0 Å². The molecule has 23 heavy (non-hydrogen) atoms. The fourth-order valence-corrected chi connectivity index (χ4v) is 4.56. The zero-order chi connectivity index (χ0) is 15.7. The second-order valence-corrected chi connectivity index (χ2v) is 7.28. The van der Waals surface area contributed by atoms with Crippen LogP contribution < -0.4 is 5.32 Å². The third-order valence-corrected chi connectivity index (χ3v) is 6.10. The highest BCUT2D eigenvalue weighted by molar-refractivity contribution is 9.08. The minimum Gasteiger partial charge on any atom is -0.317 e. The predicted molar refractivity (Wildman–Crippen MR) is 101 cm³/mol. The van der Waals surface area contributed by atoms with E-state index in [0.29, 0.717) is 0 Å². The first-order chi connectivity index (χ1) is 11.3. The number of fused-ring (bicyclic) bond motifs is 2. The Labute approximate surface area is 146 Å². The molecule has 1 nitrogen and oxygen atoms in total. The molecule has 2 aliphatic rings. The zero-order valence-electron chi connectivity index (χ0n) is 13.3. The van der Waals surface area contributed by atoms with Crippen molar-refractivity contribution in [1.82, 2.24) is 5.32 Å². The Balaban J connectivity index is 1.69. The van der Waals surface area contributed by atoms with Crippen LogP contribution in [0.4, 0.5) is 0 Å². The van der Waals surface area contributed by atoms with Crippen molar-refractivity contribution in [2.24, 2.45) is 0 Å². The summed E-state index contributed by atoms with van der Waals surface area (Å²) in [6, 6.07) is 18.0. The van der Waals surface area contributed by atoms with Gasteiger partial charge < -0.3 is 5.32 Å². The Bertz CT molecular complexity index is 724. The highest BCUT2D eigenvalue weighted by Gasteiger charge is 2.41. The summed E-state index contributed by atoms with van der Waals surface area (Å²) >= 11 is 3.53. The molecular formula is C21H22BrN. The Kier molecular flexibility index (Phi) is 4.13. The molecule has 2 heteroatoms. The fourth-order valence-electron chi connectivity index (χ4n) is 4.19. The Morgan fingerprint density at radius 2 is 1.61 bits per heavy atom. The summed E-state index contributed by atoms with van der Waals surface area (Å²) in [6.45, 7) is 2.24. The van der Waals surface area contributed by atoms with Crippen molar-refractivity contribution in [3.05, 3.63) is 76.4 Å². The average Bonchev–Trinajstić information content (AvgIpc) is 2.90.